The van der Waals surface area contributed by atoms with Crippen molar-refractivity contribution in [2.45, 2.75) is 105 Å². The molecule has 198 valence electrons. The quantitative estimate of drug-likeness (QED) is 0.230. The van der Waals surface area contributed by atoms with Crippen molar-refractivity contribution in [3.8, 4) is 28.1 Å². The maximum Gasteiger partial charge on any atom is 0.128 e. The molecule has 37 heavy (non-hydrogen) atoms. The molecule has 0 bridgehead atoms. The highest BCUT2D eigenvalue weighted by Gasteiger charge is 2.25. The first-order chi connectivity index (χ1) is 17.9. The third-order valence-electron chi connectivity index (χ3n) is 7.86. The van der Waals surface area contributed by atoms with E-state index in [9.17, 15) is 0 Å². The Bertz CT molecular complexity index is 1120. The van der Waals surface area contributed by atoms with Crippen LogP contribution >= 0.6 is 0 Å². The summed E-state index contributed by atoms with van der Waals surface area (Å²) in [6.45, 7) is 15.3. The van der Waals surface area contributed by atoms with E-state index in [1.807, 2.05) is 0 Å². The number of ether oxygens (including phenoxy) is 1. The SMILES string of the molecule is CCCC1CCCCN1Cc1c(OC(C)C)cc(-c2c(CC)cccc2CC)nc1C.c1cc2ccc1-2. The first kappa shape index (κ1) is 27.4. The van der Waals surface area contributed by atoms with Gasteiger partial charge in [-0.25, -0.2) is 0 Å². The van der Waals surface area contributed by atoms with Crippen molar-refractivity contribution in [2.75, 3.05) is 6.54 Å². The van der Waals surface area contributed by atoms with Crippen LogP contribution in [0.15, 0.2) is 48.5 Å². The number of benzene rings is 2. The van der Waals surface area contributed by atoms with E-state index >= 15 is 0 Å². The smallest absolute Gasteiger partial charge is 0.128 e. The molecular weight excluding hydrogens is 452 g/mol. The molecule has 3 heteroatoms. The first-order valence-corrected chi connectivity index (χ1v) is 14.6. The zero-order valence-electron chi connectivity index (χ0n) is 23.9. The molecule has 1 unspecified atom stereocenters. The first-order valence-electron chi connectivity index (χ1n) is 14.6. The van der Waals surface area contributed by atoms with Crippen LogP contribution in [0.2, 0.25) is 0 Å². The van der Waals surface area contributed by atoms with Crippen molar-refractivity contribution in [3.63, 3.8) is 0 Å². The zero-order chi connectivity index (χ0) is 26.4. The highest BCUT2D eigenvalue weighted by atomic mass is 16.5. The van der Waals surface area contributed by atoms with Gasteiger partial charge in [-0.15, -0.1) is 0 Å². The van der Waals surface area contributed by atoms with Crippen molar-refractivity contribution in [1.29, 1.82) is 0 Å². The number of aromatic nitrogens is 1. The molecule has 2 aromatic rings. The molecular formula is C34H46N2O. The fourth-order valence-electron chi connectivity index (χ4n) is 5.72. The van der Waals surface area contributed by atoms with Gasteiger partial charge in [-0.2, -0.15) is 0 Å². The van der Waals surface area contributed by atoms with Crippen LogP contribution in [0, 0.1) is 6.92 Å². The molecule has 5 rings (SSSR count). The summed E-state index contributed by atoms with van der Waals surface area (Å²) in [6, 6.07) is 18.1. The monoisotopic (exact) mass is 498 g/mol. The summed E-state index contributed by atoms with van der Waals surface area (Å²) in [5, 5.41) is 0. The van der Waals surface area contributed by atoms with E-state index in [-0.39, 0.29) is 6.10 Å². The number of pyridine rings is 1. The molecule has 0 spiro atoms. The van der Waals surface area contributed by atoms with Crippen molar-refractivity contribution in [1.82, 2.24) is 9.88 Å². The fourth-order valence-corrected chi connectivity index (χ4v) is 5.72. The minimum absolute atomic E-state index is 0.147. The van der Waals surface area contributed by atoms with Gasteiger partial charge in [0, 0.05) is 35.5 Å². The van der Waals surface area contributed by atoms with Gasteiger partial charge in [0.15, 0.2) is 0 Å². The Morgan fingerprint density at radius 2 is 1.59 bits per heavy atom. The largest absolute Gasteiger partial charge is 0.491 e. The number of hydrogen-bond acceptors (Lipinski definition) is 3. The molecule has 1 aromatic carbocycles. The Morgan fingerprint density at radius 3 is 2.11 bits per heavy atom. The van der Waals surface area contributed by atoms with Gasteiger partial charge in [0.2, 0.25) is 0 Å². The lowest BCUT2D eigenvalue weighted by atomic mass is 9.93. The Kier molecular flexibility index (Phi) is 9.43. The van der Waals surface area contributed by atoms with E-state index in [4.69, 9.17) is 9.72 Å². The van der Waals surface area contributed by atoms with Gasteiger partial charge in [-0.3, -0.25) is 9.88 Å². The van der Waals surface area contributed by atoms with Gasteiger partial charge >= 0.3 is 0 Å². The van der Waals surface area contributed by atoms with Gasteiger partial charge in [-0.1, -0.05) is 76.1 Å². The van der Waals surface area contributed by atoms with Crippen LogP contribution in [-0.4, -0.2) is 28.6 Å². The Morgan fingerprint density at radius 1 is 0.946 bits per heavy atom. The molecule has 1 aliphatic heterocycles. The lowest BCUT2D eigenvalue weighted by Crippen LogP contribution is -2.39. The molecule has 0 amide bonds. The third kappa shape index (κ3) is 6.44. The molecule has 1 aromatic heterocycles. The fraction of sp³-hybridized carbons (Fsp3) is 0.500. The Labute approximate surface area is 225 Å². The standard InChI is InChI=1S/C28H42N2O.C6H4/c1-7-13-24-16-10-11-17-30(24)19-25-21(6)29-26(18-27(25)31-20(4)5)28-22(8-2)14-12-15-23(28)9-3;1-2-6-4-3-5(1)6/h12,14-15,18,20,24H,7-11,13,16-17,19H2,1-6H3;1-4H. The van der Waals surface area contributed by atoms with Crippen LogP contribution in [-0.2, 0) is 19.4 Å². The normalized spacial score (nSPS) is 16.4. The molecule has 0 radical (unpaired) electrons. The molecule has 1 saturated heterocycles. The minimum atomic E-state index is 0.147. The second-order valence-electron chi connectivity index (χ2n) is 10.9. The summed E-state index contributed by atoms with van der Waals surface area (Å²) in [7, 11) is 0. The molecule has 0 N–H and O–H groups in total. The minimum Gasteiger partial charge on any atom is -0.491 e. The molecule has 1 atom stereocenters. The predicted molar refractivity (Wildman–Crippen MR) is 157 cm³/mol. The summed E-state index contributed by atoms with van der Waals surface area (Å²) < 4.78 is 6.41. The summed E-state index contributed by atoms with van der Waals surface area (Å²) >= 11 is 0. The second kappa shape index (κ2) is 12.7. The van der Waals surface area contributed by atoms with Gasteiger partial charge < -0.3 is 4.74 Å². The average Bonchev–Trinajstić information content (AvgIpc) is 2.88. The van der Waals surface area contributed by atoms with Crippen LogP contribution in [0.4, 0.5) is 0 Å². The van der Waals surface area contributed by atoms with Gasteiger partial charge in [0.25, 0.3) is 0 Å². The third-order valence-corrected chi connectivity index (χ3v) is 7.86. The highest BCUT2D eigenvalue weighted by molar-refractivity contribution is 5.75. The molecule has 2 aliphatic carbocycles. The van der Waals surface area contributed by atoms with Crippen molar-refractivity contribution >= 4 is 0 Å². The van der Waals surface area contributed by atoms with Gasteiger partial charge in [0.05, 0.1) is 11.8 Å². The van der Waals surface area contributed by atoms with Crippen molar-refractivity contribution in [3.05, 3.63) is 70.9 Å². The number of hydrogen-bond donors (Lipinski definition) is 0. The summed E-state index contributed by atoms with van der Waals surface area (Å²) in [4.78, 5) is 7.84. The number of nitrogens with zero attached hydrogens (tertiary/aromatic N) is 2. The Balaban J connectivity index is 0.000000458. The van der Waals surface area contributed by atoms with E-state index in [2.05, 4.69) is 95.0 Å². The van der Waals surface area contributed by atoms with E-state index in [1.165, 1.54) is 72.0 Å². The molecule has 0 saturated carbocycles. The summed E-state index contributed by atoms with van der Waals surface area (Å²) in [6.07, 6.45) is 8.69. The number of fused-ring (bicyclic) bond motifs is 1. The number of aryl methyl sites for hydroxylation is 3. The lowest BCUT2D eigenvalue weighted by Gasteiger charge is -2.36. The average molecular weight is 499 g/mol. The van der Waals surface area contributed by atoms with Gasteiger partial charge in [0.1, 0.15) is 5.75 Å². The zero-order valence-corrected chi connectivity index (χ0v) is 23.9. The van der Waals surface area contributed by atoms with E-state index in [0.29, 0.717) is 6.04 Å². The Hall–Kier alpha value is -2.65. The second-order valence-corrected chi connectivity index (χ2v) is 10.9. The van der Waals surface area contributed by atoms with E-state index in [1.54, 1.807) is 0 Å². The predicted octanol–water partition coefficient (Wildman–Crippen LogP) is 8.79. The molecule has 2 heterocycles. The number of likely N-dealkylation sites (tertiary alicyclic amines) is 1. The van der Waals surface area contributed by atoms with Crippen LogP contribution in [0.3, 0.4) is 0 Å². The topological polar surface area (TPSA) is 25.4 Å². The van der Waals surface area contributed by atoms with E-state index in [0.717, 1.165) is 36.5 Å². The van der Waals surface area contributed by atoms with Crippen LogP contribution in [0.5, 0.6) is 5.75 Å². The van der Waals surface area contributed by atoms with Crippen LogP contribution in [0.1, 0.15) is 89.1 Å². The summed E-state index contributed by atoms with van der Waals surface area (Å²) in [5.74, 6) is 1.02. The van der Waals surface area contributed by atoms with E-state index < -0.39 is 0 Å². The highest BCUT2D eigenvalue weighted by Crippen LogP contribution is 2.35. The van der Waals surface area contributed by atoms with Crippen LogP contribution in [0.25, 0.3) is 22.4 Å². The number of rotatable bonds is 9. The van der Waals surface area contributed by atoms with Crippen LogP contribution < -0.4 is 4.74 Å². The number of piperidine rings is 1. The van der Waals surface area contributed by atoms with Crippen molar-refractivity contribution in [2.24, 2.45) is 0 Å². The molecule has 3 aliphatic rings. The maximum absolute atomic E-state index is 6.41. The van der Waals surface area contributed by atoms with Crippen molar-refractivity contribution < 1.29 is 4.74 Å². The molecule has 3 nitrogen and oxygen atoms in total. The summed E-state index contributed by atoms with van der Waals surface area (Å²) in [5.41, 5.74) is 10.3. The maximum atomic E-state index is 6.41. The lowest BCUT2D eigenvalue weighted by molar-refractivity contribution is 0.128. The van der Waals surface area contributed by atoms with Gasteiger partial charge in [-0.05, 0) is 81.7 Å². The molecule has 1 fully saturated rings.